The molecule has 0 spiro atoms. The second kappa shape index (κ2) is 6.21. The molecule has 0 saturated heterocycles. The third-order valence-corrected chi connectivity index (χ3v) is 0.370. The molecule has 0 atom stereocenters. The quantitative estimate of drug-likeness (QED) is 0.385. The van der Waals surface area contributed by atoms with Crippen LogP contribution >= 0.6 is 0 Å². The maximum absolute atomic E-state index is 9.93. The predicted octanol–water partition coefficient (Wildman–Crippen LogP) is 1.72. The average Bonchev–Trinajstić information content (AvgIpc) is 1.61. The number of rotatable bonds is 1. The fourth-order valence-electron chi connectivity index (χ4n) is 0.164. The van der Waals surface area contributed by atoms with Crippen LogP contribution in [0, 0.1) is 0 Å². The van der Waals surface area contributed by atoms with Crippen molar-refractivity contribution in [3.8, 4) is 0 Å². The van der Waals surface area contributed by atoms with Gasteiger partial charge in [-0.25, -0.2) is 0 Å². The summed E-state index contributed by atoms with van der Waals surface area (Å²) in [6, 6.07) is 0. The Hall–Kier alpha value is -0.790. The second-order valence-electron chi connectivity index (χ2n) is 1.08. The van der Waals surface area contributed by atoms with Crippen LogP contribution < -0.4 is 0 Å². The molecule has 0 aromatic heterocycles. The van der Waals surface area contributed by atoms with Gasteiger partial charge in [-0.3, -0.25) is 4.79 Å². The van der Waals surface area contributed by atoms with Crippen LogP contribution in [-0.2, 0) is 9.53 Å². The molecule has 48 valence electrons. The summed E-state index contributed by atoms with van der Waals surface area (Å²) in [6.07, 6.45) is 3.00. The largest absolute Gasteiger partial charge is 0.435 e. The standard InChI is InChI=1S/C5H8O2.CH4/c1-3-4-7-5(2)6;/h3-4H,1-2H3;1H4. The van der Waals surface area contributed by atoms with Crippen LogP contribution in [0.2, 0.25) is 0 Å². The van der Waals surface area contributed by atoms with Crippen molar-refractivity contribution in [2.45, 2.75) is 21.3 Å². The van der Waals surface area contributed by atoms with E-state index in [-0.39, 0.29) is 13.4 Å². The Bertz CT molecular complexity index is 84.5. The number of hydrogen-bond acceptors (Lipinski definition) is 2. The maximum Gasteiger partial charge on any atom is 0.307 e. The van der Waals surface area contributed by atoms with Gasteiger partial charge in [0.1, 0.15) is 0 Å². The molecule has 0 fully saturated rings. The minimum Gasteiger partial charge on any atom is -0.435 e. The summed E-state index contributed by atoms with van der Waals surface area (Å²) in [4.78, 5) is 9.93. The highest BCUT2D eigenvalue weighted by molar-refractivity contribution is 5.66. The number of hydrogen-bond donors (Lipinski definition) is 0. The zero-order chi connectivity index (χ0) is 5.70. The van der Waals surface area contributed by atoms with Gasteiger partial charge in [0.15, 0.2) is 0 Å². The zero-order valence-corrected chi connectivity index (χ0v) is 4.47. The first kappa shape index (κ1) is 10.2. The van der Waals surface area contributed by atoms with Crippen molar-refractivity contribution >= 4 is 5.97 Å². The Labute approximate surface area is 50.2 Å². The van der Waals surface area contributed by atoms with E-state index < -0.39 is 0 Å². The highest BCUT2D eigenvalue weighted by Crippen LogP contribution is 1.75. The highest BCUT2D eigenvalue weighted by Gasteiger charge is 1.80. The van der Waals surface area contributed by atoms with E-state index in [2.05, 4.69) is 4.74 Å². The van der Waals surface area contributed by atoms with Gasteiger partial charge >= 0.3 is 5.97 Å². The molecule has 0 amide bonds. The van der Waals surface area contributed by atoms with E-state index in [0.717, 1.165) is 0 Å². The van der Waals surface area contributed by atoms with Crippen molar-refractivity contribution in [1.82, 2.24) is 0 Å². The lowest BCUT2D eigenvalue weighted by molar-refractivity contribution is -0.135. The Morgan fingerprint density at radius 1 is 1.62 bits per heavy atom. The van der Waals surface area contributed by atoms with E-state index in [1.807, 2.05) is 0 Å². The third kappa shape index (κ3) is 8.96. The van der Waals surface area contributed by atoms with E-state index in [0.29, 0.717) is 0 Å². The Kier molecular flexibility index (Phi) is 7.95. The Balaban J connectivity index is 0. The van der Waals surface area contributed by atoms with Crippen molar-refractivity contribution in [1.29, 1.82) is 0 Å². The first-order valence-corrected chi connectivity index (χ1v) is 2.05. The van der Waals surface area contributed by atoms with Gasteiger partial charge in [0.25, 0.3) is 0 Å². The summed E-state index contributed by atoms with van der Waals surface area (Å²) in [5.74, 6) is -0.280. The van der Waals surface area contributed by atoms with Crippen LogP contribution in [0.25, 0.3) is 0 Å². The van der Waals surface area contributed by atoms with Gasteiger partial charge in [0.05, 0.1) is 6.26 Å². The van der Waals surface area contributed by atoms with Crippen molar-refractivity contribution < 1.29 is 9.53 Å². The molecule has 8 heavy (non-hydrogen) atoms. The van der Waals surface area contributed by atoms with Gasteiger partial charge in [0.2, 0.25) is 0 Å². The molecule has 0 bridgehead atoms. The molecule has 0 unspecified atom stereocenters. The molecule has 0 aromatic rings. The Morgan fingerprint density at radius 2 is 2.12 bits per heavy atom. The molecule has 0 aliphatic heterocycles. The molecule has 0 aromatic carbocycles. The minimum absolute atomic E-state index is 0. The lowest BCUT2D eigenvalue weighted by Crippen LogP contribution is -1.88. The van der Waals surface area contributed by atoms with Crippen LogP contribution in [0.5, 0.6) is 0 Å². The lowest BCUT2D eigenvalue weighted by atomic mass is 10.7. The Morgan fingerprint density at radius 3 is 2.25 bits per heavy atom. The summed E-state index contributed by atoms with van der Waals surface area (Å²) in [5, 5.41) is 0. The molecule has 0 aliphatic carbocycles. The maximum atomic E-state index is 9.93. The molecular weight excluding hydrogens is 104 g/mol. The smallest absolute Gasteiger partial charge is 0.307 e. The van der Waals surface area contributed by atoms with Gasteiger partial charge in [0, 0.05) is 6.92 Å². The monoisotopic (exact) mass is 116 g/mol. The van der Waals surface area contributed by atoms with Crippen LogP contribution in [0.1, 0.15) is 21.3 Å². The molecule has 0 aliphatic rings. The van der Waals surface area contributed by atoms with Crippen molar-refractivity contribution in [3.05, 3.63) is 12.3 Å². The highest BCUT2D eigenvalue weighted by atomic mass is 16.5. The van der Waals surface area contributed by atoms with Crippen LogP contribution in [0.15, 0.2) is 12.3 Å². The summed E-state index contributed by atoms with van der Waals surface area (Å²) in [7, 11) is 0. The number of carbonyl (C=O) groups is 1. The number of ether oxygens (including phenoxy) is 1. The molecule has 0 heterocycles. The topological polar surface area (TPSA) is 26.3 Å². The lowest BCUT2D eigenvalue weighted by Gasteiger charge is -1.85. The average molecular weight is 116 g/mol. The van der Waals surface area contributed by atoms with Crippen LogP contribution in [-0.4, -0.2) is 5.97 Å². The van der Waals surface area contributed by atoms with E-state index in [9.17, 15) is 4.79 Å². The molecular formula is C6H12O2. The zero-order valence-electron chi connectivity index (χ0n) is 4.47. The van der Waals surface area contributed by atoms with E-state index in [1.165, 1.54) is 13.2 Å². The van der Waals surface area contributed by atoms with Crippen molar-refractivity contribution in [2.24, 2.45) is 0 Å². The van der Waals surface area contributed by atoms with Crippen molar-refractivity contribution in [2.75, 3.05) is 0 Å². The molecule has 0 saturated carbocycles. The normalized spacial score (nSPS) is 8.25. The summed E-state index contributed by atoms with van der Waals surface area (Å²) < 4.78 is 4.37. The van der Waals surface area contributed by atoms with E-state index in [1.54, 1.807) is 13.0 Å². The molecule has 2 nitrogen and oxygen atoms in total. The summed E-state index contributed by atoms with van der Waals surface area (Å²) in [5.41, 5.74) is 0. The van der Waals surface area contributed by atoms with Crippen LogP contribution in [0.4, 0.5) is 0 Å². The fourth-order valence-corrected chi connectivity index (χ4v) is 0.164. The minimum atomic E-state index is -0.280. The fraction of sp³-hybridized carbons (Fsp3) is 0.500. The van der Waals surface area contributed by atoms with Crippen molar-refractivity contribution in [3.63, 3.8) is 0 Å². The number of esters is 1. The molecule has 0 rings (SSSR count). The molecule has 0 radical (unpaired) electrons. The summed E-state index contributed by atoms with van der Waals surface area (Å²) >= 11 is 0. The first-order valence-electron chi connectivity index (χ1n) is 2.05. The van der Waals surface area contributed by atoms with Gasteiger partial charge in [-0.1, -0.05) is 13.5 Å². The van der Waals surface area contributed by atoms with Gasteiger partial charge in [-0.2, -0.15) is 0 Å². The molecule has 0 N–H and O–H groups in total. The predicted molar refractivity (Wildman–Crippen MR) is 33.3 cm³/mol. The number of carbonyl (C=O) groups excluding carboxylic acids is 1. The summed E-state index contributed by atoms with van der Waals surface area (Å²) in [6.45, 7) is 3.14. The third-order valence-electron chi connectivity index (χ3n) is 0.370. The number of allylic oxidation sites excluding steroid dienone is 1. The van der Waals surface area contributed by atoms with Crippen LogP contribution in [0.3, 0.4) is 0 Å². The van der Waals surface area contributed by atoms with E-state index >= 15 is 0 Å². The second-order valence-corrected chi connectivity index (χ2v) is 1.08. The first-order chi connectivity index (χ1) is 3.27. The van der Waals surface area contributed by atoms with Gasteiger partial charge in [-0.05, 0) is 6.92 Å². The SMILES string of the molecule is C.CC=COC(C)=O. The van der Waals surface area contributed by atoms with Gasteiger partial charge < -0.3 is 4.74 Å². The molecule has 2 heteroatoms. The van der Waals surface area contributed by atoms with E-state index in [4.69, 9.17) is 0 Å². The van der Waals surface area contributed by atoms with Gasteiger partial charge in [-0.15, -0.1) is 0 Å².